The Morgan fingerprint density at radius 2 is 2.42 bits per heavy atom. The minimum absolute atomic E-state index is 0.0336. The highest BCUT2D eigenvalue weighted by Gasteiger charge is 2.38. The van der Waals surface area contributed by atoms with Crippen LogP contribution in [0.1, 0.15) is 39.0 Å². The summed E-state index contributed by atoms with van der Waals surface area (Å²) >= 11 is 0. The molecule has 0 heterocycles. The summed E-state index contributed by atoms with van der Waals surface area (Å²) in [6.45, 7) is 5.53. The lowest BCUT2D eigenvalue weighted by molar-refractivity contribution is -0.106. The van der Waals surface area contributed by atoms with Crippen LogP contribution in [0.25, 0.3) is 0 Å². The fourth-order valence-corrected chi connectivity index (χ4v) is 1.91. The van der Waals surface area contributed by atoms with Gasteiger partial charge in [-0.25, -0.2) is 0 Å². The summed E-state index contributed by atoms with van der Waals surface area (Å²) in [4.78, 5) is 0. The molecule has 1 aliphatic carbocycles. The predicted octanol–water partition coefficient (Wildman–Crippen LogP) is 2.23. The zero-order valence-corrected chi connectivity index (χ0v) is 7.75. The molecule has 0 amide bonds. The third-order valence-electron chi connectivity index (χ3n) is 2.80. The Kier molecular flexibility index (Phi) is 3.15. The monoisotopic (exact) mass is 170 g/mol. The molecule has 0 radical (unpaired) electrons. The summed E-state index contributed by atoms with van der Waals surface area (Å²) in [6.07, 6.45) is 6.26. The van der Waals surface area contributed by atoms with Crippen molar-refractivity contribution in [3.05, 3.63) is 12.8 Å². The van der Waals surface area contributed by atoms with Crippen LogP contribution in [-0.2, 0) is 4.74 Å². The minimum Gasteiger partial charge on any atom is -0.496 e. The SMILES string of the molecule is C=COC1CCCCC1(O)CC. The van der Waals surface area contributed by atoms with E-state index >= 15 is 0 Å². The molecule has 1 fully saturated rings. The van der Waals surface area contributed by atoms with E-state index in [2.05, 4.69) is 6.58 Å². The standard InChI is InChI=1S/C10H18O2/c1-3-10(11)8-6-5-7-9(10)12-4-2/h4,9,11H,2-3,5-8H2,1H3. The van der Waals surface area contributed by atoms with E-state index in [1.165, 1.54) is 6.26 Å². The van der Waals surface area contributed by atoms with Gasteiger partial charge in [0.05, 0.1) is 6.26 Å². The summed E-state index contributed by atoms with van der Waals surface area (Å²) in [7, 11) is 0. The highest BCUT2D eigenvalue weighted by Crippen LogP contribution is 2.33. The van der Waals surface area contributed by atoms with Gasteiger partial charge in [0.2, 0.25) is 0 Å². The fourth-order valence-electron chi connectivity index (χ4n) is 1.91. The van der Waals surface area contributed by atoms with Crippen LogP contribution in [0, 0.1) is 0 Å². The van der Waals surface area contributed by atoms with Gasteiger partial charge in [0.1, 0.15) is 11.7 Å². The van der Waals surface area contributed by atoms with Gasteiger partial charge in [-0.3, -0.25) is 0 Å². The average molecular weight is 170 g/mol. The highest BCUT2D eigenvalue weighted by atomic mass is 16.5. The topological polar surface area (TPSA) is 29.5 Å². The first-order chi connectivity index (χ1) is 5.73. The third-order valence-corrected chi connectivity index (χ3v) is 2.80. The second kappa shape index (κ2) is 3.94. The first-order valence-corrected chi connectivity index (χ1v) is 4.71. The van der Waals surface area contributed by atoms with E-state index in [4.69, 9.17) is 4.74 Å². The maximum atomic E-state index is 10.1. The van der Waals surface area contributed by atoms with E-state index in [1.54, 1.807) is 0 Å². The van der Waals surface area contributed by atoms with Crippen LogP contribution >= 0.6 is 0 Å². The molecular formula is C10H18O2. The summed E-state index contributed by atoms with van der Waals surface area (Å²) < 4.78 is 5.30. The van der Waals surface area contributed by atoms with E-state index in [0.717, 1.165) is 32.1 Å². The van der Waals surface area contributed by atoms with Gasteiger partial charge >= 0.3 is 0 Å². The second-order valence-electron chi connectivity index (χ2n) is 3.49. The van der Waals surface area contributed by atoms with Crippen molar-refractivity contribution < 1.29 is 9.84 Å². The molecule has 0 spiro atoms. The Labute approximate surface area is 74.2 Å². The quantitative estimate of drug-likeness (QED) is 0.658. The van der Waals surface area contributed by atoms with Crippen LogP contribution in [-0.4, -0.2) is 16.8 Å². The van der Waals surface area contributed by atoms with Gasteiger partial charge in [-0.15, -0.1) is 0 Å². The average Bonchev–Trinajstić information content (AvgIpc) is 2.10. The minimum atomic E-state index is -0.605. The first kappa shape index (κ1) is 9.59. The van der Waals surface area contributed by atoms with Crippen molar-refractivity contribution in [3.8, 4) is 0 Å². The van der Waals surface area contributed by atoms with Crippen LogP contribution in [0.3, 0.4) is 0 Å². The van der Waals surface area contributed by atoms with Crippen molar-refractivity contribution in [1.29, 1.82) is 0 Å². The zero-order chi connectivity index (χ0) is 9.03. The van der Waals surface area contributed by atoms with Crippen LogP contribution in [0.5, 0.6) is 0 Å². The van der Waals surface area contributed by atoms with E-state index in [9.17, 15) is 5.11 Å². The van der Waals surface area contributed by atoms with Crippen LogP contribution in [0.15, 0.2) is 12.8 Å². The smallest absolute Gasteiger partial charge is 0.126 e. The van der Waals surface area contributed by atoms with E-state index in [-0.39, 0.29) is 6.10 Å². The number of rotatable bonds is 3. The molecule has 0 saturated heterocycles. The van der Waals surface area contributed by atoms with Gasteiger partial charge in [-0.1, -0.05) is 19.9 Å². The molecule has 70 valence electrons. The normalized spacial score (nSPS) is 36.0. The van der Waals surface area contributed by atoms with Crippen molar-refractivity contribution >= 4 is 0 Å². The van der Waals surface area contributed by atoms with E-state index in [0.29, 0.717) is 0 Å². The molecule has 2 atom stereocenters. The van der Waals surface area contributed by atoms with Crippen LogP contribution in [0.2, 0.25) is 0 Å². The molecule has 0 aliphatic heterocycles. The number of aliphatic hydroxyl groups is 1. The summed E-state index contributed by atoms with van der Waals surface area (Å²) in [6, 6.07) is 0. The van der Waals surface area contributed by atoms with Crippen molar-refractivity contribution in [1.82, 2.24) is 0 Å². The second-order valence-corrected chi connectivity index (χ2v) is 3.49. The first-order valence-electron chi connectivity index (χ1n) is 4.71. The molecule has 1 N–H and O–H groups in total. The van der Waals surface area contributed by atoms with Gasteiger partial charge in [-0.05, 0) is 25.7 Å². The largest absolute Gasteiger partial charge is 0.496 e. The fraction of sp³-hybridized carbons (Fsp3) is 0.800. The van der Waals surface area contributed by atoms with Crippen LogP contribution < -0.4 is 0 Å². The highest BCUT2D eigenvalue weighted by molar-refractivity contribution is 4.90. The molecule has 0 bridgehead atoms. The van der Waals surface area contributed by atoms with Crippen molar-refractivity contribution in [2.45, 2.75) is 50.7 Å². The molecule has 1 saturated carbocycles. The molecule has 1 rings (SSSR count). The van der Waals surface area contributed by atoms with Gasteiger partial charge in [-0.2, -0.15) is 0 Å². The molecule has 2 unspecified atom stereocenters. The molecule has 2 nitrogen and oxygen atoms in total. The Hall–Kier alpha value is -0.500. The Bertz CT molecular complexity index is 156. The molecule has 0 aromatic heterocycles. The number of ether oxygens (including phenoxy) is 1. The lowest BCUT2D eigenvalue weighted by atomic mass is 9.80. The van der Waals surface area contributed by atoms with E-state index in [1.807, 2.05) is 6.92 Å². The predicted molar refractivity (Wildman–Crippen MR) is 48.8 cm³/mol. The Balaban J connectivity index is 2.59. The number of hydrogen-bond donors (Lipinski definition) is 1. The third kappa shape index (κ3) is 1.81. The zero-order valence-electron chi connectivity index (χ0n) is 7.75. The van der Waals surface area contributed by atoms with Crippen molar-refractivity contribution in [3.63, 3.8) is 0 Å². The summed E-state index contributed by atoms with van der Waals surface area (Å²) in [5.41, 5.74) is -0.605. The van der Waals surface area contributed by atoms with Gasteiger partial charge < -0.3 is 9.84 Å². The number of hydrogen-bond acceptors (Lipinski definition) is 2. The van der Waals surface area contributed by atoms with Crippen molar-refractivity contribution in [2.75, 3.05) is 0 Å². The lowest BCUT2D eigenvalue weighted by Gasteiger charge is -2.38. The molecular weight excluding hydrogens is 152 g/mol. The van der Waals surface area contributed by atoms with Crippen LogP contribution in [0.4, 0.5) is 0 Å². The molecule has 12 heavy (non-hydrogen) atoms. The Morgan fingerprint density at radius 3 is 3.00 bits per heavy atom. The van der Waals surface area contributed by atoms with E-state index < -0.39 is 5.60 Å². The van der Waals surface area contributed by atoms with Crippen molar-refractivity contribution in [2.24, 2.45) is 0 Å². The lowest BCUT2D eigenvalue weighted by Crippen LogP contribution is -2.45. The molecule has 0 aromatic carbocycles. The van der Waals surface area contributed by atoms with Gasteiger partial charge in [0.15, 0.2) is 0 Å². The Morgan fingerprint density at radius 1 is 1.67 bits per heavy atom. The van der Waals surface area contributed by atoms with Gasteiger partial charge in [0.25, 0.3) is 0 Å². The summed E-state index contributed by atoms with van der Waals surface area (Å²) in [5, 5.41) is 10.1. The molecule has 1 aliphatic rings. The maximum Gasteiger partial charge on any atom is 0.126 e. The molecule has 2 heteroatoms. The summed E-state index contributed by atoms with van der Waals surface area (Å²) in [5.74, 6) is 0. The van der Waals surface area contributed by atoms with Gasteiger partial charge in [0, 0.05) is 0 Å². The maximum absolute atomic E-state index is 10.1. The molecule has 0 aromatic rings.